The first kappa shape index (κ1) is 11.3. The maximum absolute atomic E-state index is 2.67. The van der Waals surface area contributed by atoms with Crippen molar-refractivity contribution in [3.8, 4) is 0 Å². The van der Waals surface area contributed by atoms with Gasteiger partial charge in [0.1, 0.15) is 0 Å². The van der Waals surface area contributed by atoms with Crippen molar-refractivity contribution >= 4 is 0 Å². The highest BCUT2D eigenvalue weighted by Gasteiger charge is 2.30. The summed E-state index contributed by atoms with van der Waals surface area (Å²) in [5, 5.41) is 0. The first-order valence-electron chi connectivity index (χ1n) is 7.18. The van der Waals surface area contributed by atoms with Gasteiger partial charge >= 0.3 is 0 Å². The van der Waals surface area contributed by atoms with E-state index in [1.165, 1.54) is 50.8 Å². The minimum atomic E-state index is 1.00. The van der Waals surface area contributed by atoms with Crippen LogP contribution in [0.3, 0.4) is 0 Å². The fourth-order valence-corrected chi connectivity index (χ4v) is 3.66. The van der Waals surface area contributed by atoms with E-state index in [0.717, 1.165) is 18.4 Å². The minimum absolute atomic E-state index is 1.00. The molecule has 2 atom stereocenters. The molecule has 1 aliphatic heterocycles. The molecule has 0 bridgehead atoms. The number of nitrogens with zero attached hydrogens (tertiary/aromatic N) is 1. The van der Waals surface area contributed by atoms with Gasteiger partial charge in [0.2, 0.25) is 0 Å². The van der Waals surface area contributed by atoms with Gasteiger partial charge in [-0.25, -0.2) is 0 Å². The molecule has 1 saturated carbocycles. The number of rotatable bonds is 2. The summed E-state index contributed by atoms with van der Waals surface area (Å²) < 4.78 is 0. The zero-order valence-corrected chi connectivity index (χ0v) is 10.6. The lowest BCUT2D eigenvalue weighted by molar-refractivity contribution is 0.0820. The van der Waals surface area contributed by atoms with Crippen molar-refractivity contribution < 1.29 is 0 Å². The summed E-state index contributed by atoms with van der Waals surface area (Å²) in [4.78, 5) is 2.67. The van der Waals surface area contributed by atoms with Gasteiger partial charge in [-0.2, -0.15) is 0 Å². The van der Waals surface area contributed by atoms with Crippen LogP contribution in [-0.4, -0.2) is 18.0 Å². The van der Waals surface area contributed by atoms with E-state index in [1.54, 1.807) is 0 Å². The monoisotopic (exact) mass is 229 g/mol. The molecule has 1 saturated heterocycles. The van der Waals surface area contributed by atoms with Crippen molar-refractivity contribution in [1.29, 1.82) is 0 Å². The second-order valence-corrected chi connectivity index (χ2v) is 5.81. The summed E-state index contributed by atoms with van der Waals surface area (Å²) in [5.74, 6) is 2.05. The number of benzene rings is 1. The minimum Gasteiger partial charge on any atom is -0.299 e. The van der Waals surface area contributed by atoms with Gasteiger partial charge in [-0.3, -0.25) is 4.90 Å². The zero-order chi connectivity index (χ0) is 11.5. The Hall–Kier alpha value is -0.820. The molecule has 2 aliphatic rings. The van der Waals surface area contributed by atoms with Crippen LogP contribution in [0.4, 0.5) is 0 Å². The van der Waals surface area contributed by atoms with E-state index in [0.29, 0.717) is 0 Å². The summed E-state index contributed by atoms with van der Waals surface area (Å²) in [6.45, 7) is 3.82. The third-order valence-electron chi connectivity index (χ3n) is 4.62. The SMILES string of the molecule is c1ccc(CN2CCC3CCCCC3C2)cc1. The van der Waals surface area contributed by atoms with Crippen molar-refractivity contribution in [2.24, 2.45) is 11.8 Å². The first-order chi connectivity index (χ1) is 8.42. The third kappa shape index (κ3) is 2.71. The Morgan fingerprint density at radius 1 is 0.941 bits per heavy atom. The van der Waals surface area contributed by atoms with Crippen LogP contribution >= 0.6 is 0 Å². The zero-order valence-electron chi connectivity index (χ0n) is 10.6. The van der Waals surface area contributed by atoms with Gasteiger partial charge < -0.3 is 0 Å². The van der Waals surface area contributed by atoms with Crippen molar-refractivity contribution in [3.05, 3.63) is 35.9 Å². The van der Waals surface area contributed by atoms with E-state index in [4.69, 9.17) is 0 Å². The molecule has 0 aromatic heterocycles. The summed E-state index contributed by atoms with van der Waals surface area (Å²) in [5.41, 5.74) is 1.47. The molecule has 0 spiro atoms. The molecule has 3 rings (SSSR count). The van der Waals surface area contributed by atoms with E-state index in [-0.39, 0.29) is 0 Å². The lowest BCUT2D eigenvalue weighted by Crippen LogP contribution is -2.41. The number of hydrogen-bond donors (Lipinski definition) is 0. The lowest BCUT2D eigenvalue weighted by Gasteiger charge is -2.41. The van der Waals surface area contributed by atoms with Crippen LogP contribution in [0.15, 0.2) is 30.3 Å². The van der Waals surface area contributed by atoms with E-state index >= 15 is 0 Å². The summed E-state index contributed by atoms with van der Waals surface area (Å²) in [6, 6.07) is 10.9. The fourth-order valence-electron chi connectivity index (χ4n) is 3.66. The molecule has 1 heteroatoms. The molecule has 1 heterocycles. The lowest BCUT2D eigenvalue weighted by atomic mass is 9.75. The van der Waals surface area contributed by atoms with Gasteiger partial charge in [-0.05, 0) is 36.8 Å². The fraction of sp³-hybridized carbons (Fsp3) is 0.625. The molecule has 1 aromatic carbocycles. The van der Waals surface area contributed by atoms with E-state index < -0.39 is 0 Å². The van der Waals surface area contributed by atoms with Crippen LogP contribution in [0.2, 0.25) is 0 Å². The largest absolute Gasteiger partial charge is 0.299 e. The topological polar surface area (TPSA) is 3.24 Å². The highest BCUT2D eigenvalue weighted by atomic mass is 15.1. The quantitative estimate of drug-likeness (QED) is 0.747. The van der Waals surface area contributed by atoms with E-state index in [1.807, 2.05) is 0 Å². The van der Waals surface area contributed by atoms with E-state index in [9.17, 15) is 0 Å². The van der Waals surface area contributed by atoms with Crippen molar-refractivity contribution in [3.63, 3.8) is 0 Å². The second-order valence-electron chi connectivity index (χ2n) is 5.81. The average Bonchev–Trinajstić information content (AvgIpc) is 2.40. The molecule has 0 amide bonds. The van der Waals surface area contributed by atoms with Gasteiger partial charge in [0.05, 0.1) is 0 Å². The predicted octanol–water partition coefficient (Wildman–Crippen LogP) is 3.70. The van der Waals surface area contributed by atoms with Crippen LogP contribution in [0, 0.1) is 11.8 Å². The average molecular weight is 229 g/mol. The van der Waals surface area contributed by atoms with E-state index in [2.05, 4.69) is 35.2 Å². The number of likely N-dealkylation sites (tertiary alicyclic amines) is 1. The van der Waals surface area contributed by atoms with Gasteiger partial charge in [0.25, 0.3) is 0 Å². The molecule has 2 fully saturated rings. The van der Waals surface area contributed by atoms with Crippen molar-refractivity contribution in [2.75, 3.05) is 13.1 Å². The van der Waals surface area contributed by atoms with Crippen LogP contribution in [0.1, 0.15) is 37.7 Å². The number of fused-ring (bicyclic) bond motifs is 1. The molecule has 1 aromatic rings. The van der Waals surface area contributed by atoms with Crippen LogP contribution < -0.4 is 0 Å². The van der Waals surface area contributed by atoms with Crippen LogP contribution in [-0.2, 0) is 6.54 Å². The predicted molar refractivity (Wildman–Crippen MR) is 71.8 cm³/mol. The number of piperidine rings is 1. The Labute approximate surface area is 105 Å². The molecule has 1 nitrogen and oxygen atoms in total. The Morgan fingerprint density at radius 2 is 1.71 bits per heavy atom. The highest BCUT2D eigenvalue weighted by molar-refractivity contribution is 5.14. The smallest absolute Gasteiger partial charge is 0.0233 e. The standard InChI is InChI=1S/C16H23N/c1-2-6-14(7-3-1)12-17-11-10-15-8-4-5-9-16(15)13-17/h1-3,6-7,15-16H,4-5,8-13H2. The molecule has 2 unspecified atom stereocenters. The van der Waals surface area contributed by atoms with Crippen molar-refractivity contribution in [2.45, 2.75) is 38.6 Å². The third-order valence-corrected chi connectivity index (χ3v) is 4.62. The van der Waals surface area contributed by atoms with Crippen LogP contribution in [0.25, 0.3) is 0 Å². The molecular formula is C16H23N. The summed E-state index contributed by atoms with van der Waals surface area (Å²) >= 11 is 0. The van der Waals surface area contributed by atoms with Gasteiger partial charge in [0.15, 0.2) is 0 Å². The highest BCUT2D eigenvalue weighted by Crippen LogP contribution is 2.36. The normalized spacial score (nSPS) is 29.9. The van der Waals surface area contributed by atoms with Crippen LogP contribution in [0.5, 0.6) is 0 Å². The maximum atomic E-state index is 2.67. The van der Waals surface area contributed by atoms with Crippen molar-refractivity contribution in [1.82, 2.24) is 4.90 Å². The molecule has 0 radical (unpaired) electrons. The first-order valence-corrected chi connectivity index (χ1v) is 7.18. The summed E-state index contributed by atoms with van der Waals surface area (Å²) in [6.07, 6.45) is 7.39. The molecular weight excluding hydrogens is 206 g/mol. The van der Waals surface area contributed by atoms with Gasteiger partial charge in [-0.1, -0.05) is 49.6 Å². The molecule has 0 N–H and O–H groups in total. The Kier molecular flexibility index (Phi) is 3.46. The molecule has 17 heavy (non-hydrogen) atoms. The Bertz CT molecular complexity index is 346. The maximum Gasteiger partial charge on any atom is 0.0233 e. The summed E-state index contributed by atoms with van der Waals surface area (Å²) in [7, 11) is 0. The Balaban J connectivity index is 1.59. The molecule has 92 valence electrons. The van der Waals surface area contributed by atoms with Gasteiger partial charge in [0, 0.05) is 13.1 Å². The second kappa shape index (κ2) is 5.22. The number of hydrogen-bond acceptors (Lipinski definition) is 1. The molecule has 1 aliphatic carbocycles. The van der Waals surface area contributed by atoms with Gasteiger partial charge in [-0.15, -0.1) is 0 Å². The Morgan fingerprint density at radius 3 is 2.53 bits per heavy atom.